The molecule has 7 nitrogen and oxygen atoms in total. The topological polar surface area (TPSA) is 104 Å². The largest absolute Gasteiger partial charge is 0.478 e. The number of carboxylic acid groups (broad SMARTS) is 1. The number of hydrogen-bond acceptors (Lipinski definition) is 4. The summed E-state index contributed by atoms with van der Waals surface area (Å²) in [5.74, 6) is -1.14. The van der Waals surface area contributed by atoms with E-state index in [-0.39, 0.29) is 5.11 Å². The number of furan rings is 1. The van der Waals surface area contributed by atoms with Gasteiger partial charge in [-0.2, -0.15) is 0 Å². The normalized spacial score (nSPS) is 10.0. The van der Waals surface area contributed by atoms with Gasteiger partial charge in [0.25, 0.3) is 5.91 Å². The zero-order valence-corrected chi connectivity index (χ0v) is 9.99. The maximum absolute atomic E-state index is 11.1. The number of hydrogen-bond donors (Lipinski definition) is 4. The van der Waals surface area contributed by atoms with Crippen LogP contribution in [0, 0.1) is 0 Å². The zero-order chi connectivity index (χ0) is 13.4. The molecule has 1 aromatic heterocycles. The van der Waals surface area contributed by atoms with E-state index in [1.54, 1.807) is 12.1 Å². The van der Waals surface area contributed by atoms with Gasteiger partial charge >= 0.3 is 5.97 Å². The van der Waals surface area contributed by atoms with Crippen molar-refractivity contribution in [1.82, 2.24) is 16.2 Å². The molecular formula is C10H11N3O4S. The van der Waals surface area contributed by atoms with Crippen LogP contribution in [0.1, 0.15) is 5.76 Å². The summed E-state index contributed by atoms with van der Waals surface area (Å²) >= 11 is 4.86. The SMILES string of the molecule is O=C(O)/C=C/C(=O)NNC(=S)NCc1ccco1. The van der Waals surface area contributed by atoms with E-state index in [4.69, 9.17) is 21.7 Å². The van der Waals surface area contributed by atoms with Gasteiger partial charge in [-0.1, -0.05) is 0 Å². The van der Waals surface area contributed by atoms with Crippen molar-refractivity contribution < 1.29 is 19.1 Å². The lowest BCUT2D eigenvalue weighted by atomic mass is 10.4. The van der Waals surface area contributed by atoms with Crippen LogP contribution in [-0.4, -0.2) is 22.1 Å². The molecule has 0 saturated heterocycles. The molecular weight excluding hydrogens is 258 g/mol. The van der Waals surface area contributed by atoms with Gasteiger partial charge in [0.15, 0.2) is 5.11 Å². The Balaban J connectivity index is 2.20. The van der Waals surface area contributed by atoms with Gasteiger partial charge in [-0.3, -0.25) is 15.6 Å². The molecule has 0 aliphatic rings. The monoisotopic (exact) mass is 269 g/mol. The fourth-order valence-corrected chi connectivity index (χ4v) is 1.05. The highest BCUT2D eigenvalue weighted by Crippen LogP contribution is 1.97. The standard InChI is InChI=1S/C10H11N3O4S/c14-8(3-4-9(15)16)12-13-10(18)11-6-7-2-1-5-17-7/h1-5H,6H2,(H,12,14)(H,15,16)(H2,11,13,18)/b4-3+. The van der Waals surface area contributed by atoms with Gasteiger partial charge in [-0.05, 0) is 24.4 Å². The van der Waals surface area contributed by atoms with Crippen molar-refractivity contribution >= 4 is 29.2 Å². The van der Waals surface area contributed by atoms with E-state index in [0.717, 1.165) is 12.2 Å². The van der Waals surface area contributed by atoms with Crippen molar-refractivity contribution in [2.45, 2.75) is 6.54 Å². The van der Waals surface area contributed by atoms with Gasteiger partial charge in [0.1, 0.15) is 5.76 Å². The third kappa shape index (κ3) is 5.66. The molecule has 0 aliphatic heterocycles. The average molecular weight is 269 g/mol. The van der Waals surface area contributed by atoms with Gasteiger partial charge in [0.2, 0.25) is 0 Å². The van der Waals surface area contributed by atoms with Crippen molar-refractivity contribution in [3.63, 3.8) is 0 Å². The third-order valence-corrected chi connectivity index (χ3v) is 1.93. The van der Waals surface area contributed by atoms with E-state index in [0.29, 0.717) is 12.3 Å². The highest BCUT2D eigenvalue weighted by atomic mass is 32.1. The molecule has 0 spiro atoms. The maximum Gasteiger partial charge on any atom is 0.328 e. The summed E-state index contributed by atoms with van der Waals surface area (Å²) in [6.07, 6.45) is 3.12. The van der Waals surface area contributed by atoms with Gasteiger partial charge in [0, 0.05) is 12.2 Å². The maximum atomic E-state index is 11.1. The van der Waals surface area contributed by atoms with E-state index >= 15 is 0 Å². The van der Waals surface area contributed by atoms with E-state index in [1.165, 1.54) is 6.26 Å². The first-order valence-corrected chi connectivity index (χ1v) is 5.26. The minimum absolute atomic E-state index is 0.184. The molecule has 0 radical (unpaired) electrons. The minimum atomic E-state index is -1.20. The van der Waals surface area contributed by atoms with Gasteiger partial charge < -0.3 is 14.8 Å². The molecule has 0 saturated carbocycles. The van der Waals surface area contributed by atoms with Crippen LogP contribution >= 0.6 is 12.2 Å². The van der Waals surface area contributed by atoms with Gasteiger partial charge in [0.05, 0.1) is 12.8 Å². The number of thiocarbonyl (C=S) groups is 1. The van der Waals surface area contributed by atoms with E-state index in [2.05, 4.69) is 16.2 Å². The average Bonchev–Trinajstić information content (AvgIpc) is 2.84. The fraction of sp³-hybridized carbons (Fsp3) is 0.100. The molecule has 1 heterocycles. The van der Waals surface area contributed by atoms with Crippen LogP contribution in [0.15, 0.2) is 35.0 Å². The Kier molecular flexibility index (Phi) is 5.39. The molecule has 1 aromatic rings. The molecule has 96 valence electrons. The minimum Gasteiger partial charge on any atom is -0.478 e. The van der Waals surface area contributed by atoms with Crippen LogP contribution in [0.25, 0.3) is 0 Å². The highest BCUT2D eigenvalue weighted by molar-refractivity contribution is 7.80. The summed E-state index contributed by atoms with van der Waals surface area (Å²) in [7, 11) is 0. The number of carbonyl (C=O) groups excluding carboxylic acids is 1. The summed E-state index contributed by atoms with van der Waals surface area (Å²) in [6, 6.07) is 3.51. The number of rotatable bonds is 4. The Labute approximate surface area is 108 Å². The lowest BCUT2D eigenvalue weighted by molar-refractivity contribution is -0.131. The highest BCUT2D eigenvalue weighted by Gasteiger charge is 2.00. The second kappa shape index (κ2) is 7.07. The molecule has 0 aliphatic carbocycles. The summed E-state index contributed by atoms with van der Waals surface area (Å²) < 4.78 is 5.06. The Bertz CT molecular complexity index is 456. The second-order valence-corrected chi connectivity index (χ2v) is 3.46. The van der Waals surface area contributed by atoms with Crippen LogP contribution in [0.4, 0.5) is 0 Å². The van der Waals surface area contributed by atoms with Crippen LogP contribution in [0.3, 0.4) is 0 Å². The first-order valence-electron chi connectivity index (χ1n) is 4.85. The van der Waals surface area contributed by atoms with Gasteiger partial charge in [-0.15, -0.1) is 0 Å². The Morgan fingerprint density at radius 2 is 2.17 bits per heavy atom. The Hall–Kier alpha value is -2.35. The summed E-state index contributed by atoms with van der Waals surface area (Å²) in [4.78, 5) is 21.2. The van der Waals surface area contributed by atoms with Crippen molar-refractivity contribution in [2.75, 3.05) is 0 Å². The second-order valence-electron chi connectivity index (χ2n) is 3.05. The van der Waals surface area contributed by atoms with Crippen molar-refractivity contribution in [1.29, 1.82) is 0 Å². The first-order chi connectivity index (χ1) is 8.58. The summed E-state index contributed by atoms with van der Waals surface area (Å²) in [5.41, 5.74) is 4.60. The molecule has 8 heteroatoms. The summed E-state index contributed by atoms with van der Waals surface area (Å²) in [5, 5.41) is 11.3. The van der Waals surface area contributed by atoms with Crippen molar-refractivity contribution in [3.05, 3.63) is 36.3 Å². The molecule has 0 unspecified atom stereocenters. The predicted molar refractivity (Wildman–Crippen MR) is 66.2 cm³/mol. The first kappa shape index (κ1) is 13.7. The number of nitrogens with one attached hydrogen (secondary N) is 3. The Morgan fingerprint density at radius 3 is 2.78 bits per heavy atom. The number of hydrazine groups is 1. The van der Waals surface area contributed by atoms with Crippen LogP contribution in [0.2, 0.25) is 0 Å². The molecule has 0 bridgehead atoms. The number of carboxylic acids is 1. The number of amides is 1. The van der Waals surface area contributed by atoms with Gasteiger partial charge in [-0.25, -0.2) is 4.79 Å². The molecule has 18 heavy (non-hydrogen) atoms. The lowest BCUT2D eigenvalue weighted by Gasteiger charge is -2.08. The molecule has 1 amide bonds. The smallest absolute Gasteiger partial charge is 0.328 e. The lowest BCUT2D eigenvalue weighted by Crippen LogP contribution is -2.46. The summed E-state index contributed by atoms with van der Waals surface area (Å²) in [6.45, 7) is 0.375. The molecule has 0 fully saturated rings. The quantitative estimate of drug-likeness (QED) is 0.344. The van der Waals surface area contributed by atoms with Crippen LogP contribution in [0.5, 0.6) is 0 Å². The molecule has 0 aromatic carbocycles. The van der Waals surface area contributed by atoms with Crippen LogP contribution < -0.4 is 16.2 Å². The van der Waals surface area contributed by atoms with Crippen molar-refractivity contribution in [3.8, 4) is 0 Å². The van der Waals surface area contributed by atoms with Crippen molar-refractivity contribution in [2.24, 2.45) is 0 Å². The van der Waals surface area contributed by atoms with E-state index in [1.807, 2.05) is 0 Å². The zero-order valence-electron chi connectivity index (χ0n) is 9.17. The fourth-order valence-electron chi connectivity index (χ4n) is 0.932. The molecule has 4 N–H and O–H groups in total. The number of carbonyl (C=O) groups is 2. The van der Waals surface area contributed by atoms with E-state index < -0.39 is 11.9 Å². The molecule has 1 rings (SSSR count). The number of aliphatic carboxylic acids is 1. The Morgan fingerprint density at radius 1 is 1.39 bits per heavy atom. The third-order valence-electron chi connectivity index (χ3n) is 1.68. The van der Waals surface area contributed by atoms with E-state index in [9.17, 15) is 9.59 Å². The molecule has 0 atom stereocenters. The predicted octanol–water partition coefficient (Wildman–Crippen LogP) is -0.0843. The van der Waals surface area contributed by atoms with Crippen LogP contribution in [-0.2, 0) is 16.1 Å².